The Bertz CT molecular complexity index is 824. The van der Waals surface area contributed by atoms with Crippen molar-refractivity contribution in [3.05, 3.63) is 63.2 Å². The molecule has 0 radical (unpaired) electrons. The van der Waals surface area contributed by atoms with Crippen LogP contribution in [0.4, 0.5) is 11.4 Å². The van der Waals surface area contributed by atoms with Crippen molar-refractivity contribution in [3.8, 4) is 5.75 Å². The Morgan fingerprint density at radius 2 is 2.00 bits per heavy atom. The van der Waals surface area contributed by atoms with E-state index in [1.165, 1.54) is 31.4 Å². The van der Waals surface area contributed by atoms with Crippen LogP contribution in [0, 0.1) is 10.1 Å². The van der Waals surface area contributed by atoms with E-state index in [9.17, 15) is 19.7 Å². The van der Waals surface area contributed by atoms with Crippen LogP contribution in [0.5, 0.6) is 5.75 Å². The SMILES string of the molecule is COc1ccc([N+](=O)[O-])cc1NC(=O)COC(=O)c1cccc(Cl)c1. The second-order valence-corrected chi connectivity index (χ2v) is 5.21. The topological polar surface area (TPSA) is 108 Å². The first kappa shape index (κ1) is 18.2. The molecule has 0 unspecified atom stereocenters. The molecule has 0 atom stereocenters. The van der Waals surface area contributed by atoms with Gasteiger partial charge in [0.25, 0.3) is 11.6 Å². The highest BCUT2D eigenvalue weighted by atomic mass is 35.5. The highest BCUT2D eigenvalue weighted by molar-refractivity contribution is 6.30. The van der Waals surface area contributed by atoms with Gasteiger partial charge in [0.1, 0.15) is 5.75 Å². The Hall–Kier alpha value is -3.13. The van der Waals surface area contributed by atoms with Gasteiger partial charge in [0, 0.05) is 17.2 Å². The van der Waals surface area contributed by atoms with Crippen molar-refractivity contribution in [2.75, 3.05) is 19.0 Å². The number of methoxy groups -OCH3 is 1. The number of amides is 1. The normalized spacial score (nSPS) is 10.0. The molecule has 0 aliphatic carbocycles. The number of nitrogens with one attached hydrogen (secondary N) is 1. The molecule has 2 aromatic rings. The van der Waals surface area contributed by atoms with Gasteiger partial charge in [-0.1, -0.05) is 17.7 Å². The maximum absolute atomic E-state index is 11.9. The number of nitro benzene ring substituents is 1. The van der Waals surface area contributed by atoms with Gasteiger partial charge in [0.15, 0.2) is 6.61 Å². The fourth-order valence-electron chi connectivity index (χ4n) is 1.92. The van der Waals surface area contributed by atoms with Crippen molar-refractivity contribution in [3.63, 3.8) is 0 Å². The Labute approximate surface area is 147 Å². The Morgan fingerprint density at radius 1 is 1.24 bits per heavy atom. The van der Waals surface area contributed by atoms with Crippen LogP contribution < -0.4 is 10.1 Å². The van der Waals surface area contributed by atoms with E-state index in [0.717, 1.165) is 6.07 Å². The zero-order valence-corrected chi connectivity index (χ0v) is 13.8. The summed E-state index contributed by atoms with van der Waals surface area (Å²) in [4.78, 5) is 34.0. The number of carbonyl (C=O) groups is 2. The number of nitro groups is 1. The molecule has 9 heteroatoms. The van der Waals surface area contributed by atoms with Gasteiger partial charge >= 0.3 is 5.97 Å². The van der Waals surface area contributed by atoms with Crippen molar-refractivity contribution in [2.45, 2.75) is 0 Å². The number of hydrogen-bond acceptors (Lipinski definition) is 6. The molecular formula is C16H13ClN2O6. The minimum Gasteiger partial charge on any atom is -0.495 e. The molecule has 2 rings (SSSR count). The van der Waals surface area contributed by atoms with E-state index in [1.807, 2.05) is 0 Å². The van der Waals surface area contributed by atoms with E-state index in [-0.39, 0.29) is 22.7 Å². The summed E-state index contributed by atoms with van der Waals surface area (Å²) < 4.78 is 9.91. The third kappa shape index (κ3) is 4.92. The van der Waals surface area contributed by atoms with Crippen LogP contribution in [-0.4, -0.2) is 30.5 Å². The van der Waals surface area contributed by atoms with E-state index in [0.29, 0.717) is 5.02 Å². The van der Waals surface area contributed by atoms with Gasteiger partial charge in [-0.15, -0.1) is 0 Å². The van der Waals surface area contributed by atoms with Crippen LogP contribution in [0.2, 0.25) is 5.02 Å². The molecule has 130 valence electrons. The maximum Gasteiger partial charge on any atom is 0.338 e. The number of anilines is 1. The van der Waals surface area contributed by atoms with E-state index in [4.69, 9.17) is 21.1 Å². The van der Waals surface area contributed by atoms with Gasteiger partial charge in [-0.25, -0.2) is 4.79 Å². The van der Waals surface area contributed by atoms with E-state index >= 15 is 0 Å². The lowest BCUT2D eigenvalue weighted by Gasteiger charge is -2.10. The maximum atomic E-state index is 11.9. The van der Waals surface area contributed by atoms with Crippen molar-refractivity contribution in [1.29, 1.82) is 0 Å². The summed E-state index contributed by atoms with van der Waals surface area (Å²) >= 11 is 5.78. The van der Waals surface area contributed by atoms with E-state index in [1.54, 1.807) is 12.1 Å². The first-order valence-electron chi connectivity index (χ1n) is 6.95. The van der Waals surface area contributed by atoms with Gasteiger partial charge < -0.3 is 14.8 Å². The number of benzene rings is 2. The van der Waals surface area contributed by atoms with Crippen LogP contribution in [-0.2, 0) is 9.53 Å². The first-order chi connectivity index (χ1) is 11.9. The van der Waals surface area contributed by atoms with E-state index < -0.39 is 23.4 Å². The molecule has 1 amide bonds. The molecule has 0 fully saturated rings. The Balaban J connectivity index is 2.01. The number of carbonyl (C=O) groups excluding carboxylic acids is 2. The van der Waals surface area contributed by atoms with E-state index in [2.05, 4.69) is 5.32 Å². The molecule has 0 saturated carbocycles. The number of halogens is 1. The second kappa shape index (κ2) is 8.11. The monoisotopic (exact) mass is 364 g/mol. The number of nitrogens with zero attached hydrogens (tertiary/aromatic N) is 1. The average molecular weight is 365 g/mol. The summed E-state index contributed by atoms with van der Waals surface area (Å²) in [5, 5.41) is 13.6. The van der Waals surface area contributed by atoms with Crippen molar-refractivity contribution >= 4 is 34.9 Å². The van der Waals surface area contributed by atoms with Crippen LogP contribution in [0.25, 0.3) is 0 Å². The van der Waals surface area contributed by atoms with Gasteiger partial charge in [-0.2, -0.15) is 0 Å². The summed E-state index contributed by atoms with van der Waals surface area (Å²) in [6.45, 7) is -0.572. The smallest absolute Gasteiger partial charge is 0.338 e. The molecule has 0 aromatic heterocycles. The number of hydrogen-bond donors (Lipinski definition) is 1. The Kier molecular flexibility index (Phi) is 5.91. The molecule has 2 aromatic carbocycles. The average Bonchev–Trinajstić information content (AvgIpc) is 2.59. The predicted octanol–water partition coefficient (Wildman–Crippen LogP) is 3.05. The molecule has 0 bridgehead atoms. The molecule has 0 aliphatic heterocycles. The molecule has 8 nitrogen and oxygen atoms in total. The fourth-order valence-corrected chi connectivity index (χ4v) is 2.11. The van der Waals surface area contributed by atoms with Crippen LogP contribution >= 0.6 is 11.6 Å². The largest absolute Gasteiger partial charge is 0.495 e. The Morgan fingerprint density at radius 3 is 2.64 bits per heavy atom. The summed E-state index contributed by atoms with van der Waals surface area (Å²) in [6.07, 6.45) is 0. The van der Waals surface area contributed by atoms with Gasteiger partial charge in [-0.05, 0) is 24.3 Å². The number of esters is 1. The summed E-state index contributed by atoms with van der Waals surface area (Å²) in [5.41, 5.74) is 0.0840. The van der Waals surface area contributed by atoms with Crippen molar-refractivity contribution < 1.29 is 24.0 Å². The molecule has 0 aliphatic rings. The zero-order chi connectivity index (χ0) is 18.4. The second-order valence-electron chi connectivity index (χ2n) is 4.78. The zero-order valence-electron chi connectivity index (χ0n) is 13.0. The third-order valence-electron chi connectivity index (χ3n) is 3.06. The molecular weight excluding hydrogens is 352 g/mol. The molecule has 1 N–H and O–H groups in total. The van der Waals surface area contributed by atoms with Crippen LogP contribution in [0.3, 0.4) is 0 Å². The summed E-state index contributed by atoms with van der Waals surface area (Å²) in [7, 11) is 1.36. The minimum absolute atomic E-state index is 0.0977. The summed E-state index contributed by atoms with van der Waals surface area (Å²) in [6, 6.07) is 9.82. The van der Waals surface area contributed by atoms with Crippen LogP contribution in [0.15, 0.2) is 42.5 Å². The number of ether oxygens (including phenoxy) is 2. The van der Waals surface area contributed by atoms with Gasteiger partial charge in [0.2, 0.25) is 0 Å². The highest BCUT2D eigenvalue weighted by Gasteiger charge is 2.15. The van der Waals surface area contributed by atoms with Crippen LogP contribution in [0.1, 0.15) is 10.4 Å². The summed E-state index contributed by atoms with van der Waals surface area (Å²) in [5.74, 6) is -1.15. The molecule has 0 spiro atoms. The van der Waals surface area contributed by atoms with Crippen molar-refractivity contribution in [1.82, 2.24) is 0 Å². The fraction of sp³-hybridized carbons (Fsp3) is 0.125. The minimum atomic E-state index is -0.719. The molecule has 0 saturated heterocycles. The first-order valence-corrected chi connectivity index (χ1v) is 7.33. The lowest BCUT2D eigenvalue weighted by molar-refractivity contribution is -0.384. The van der Waals surface area contributed by atoms with Crippen molar-refractivity contribution in [2.24, 2.45) is 0 Å². The van der Waals surface area contributed by atoms with Gasteiger partial charge in [-0.3, -0.25) is 14.9 Å². The lowest BCUT2D eigenvalue weighted by Crippen LogP contribution is -2.21. The number of rotatable bonds is 6. The third-order valence-corrected chi connectivity index (χ3v) is 3.30. The number of non-ortho nitro benzene ring substituents is 1. The quantitative estimate of drug-likeness (QED) is 0.479. The predicted molar refractivity (Wildman–Crippen MR) is 90.0 cm³/mol. The highest BCUT2D eigenvalue weighted by Crippen LogP contribution is 2.28. The standard InChI is InChI=1S/C16H13ClN2O6/c1-24-14-6-5-12(19(22)23)8-13(14)18-15(20)9-25-16(21)10-3-2-4-11(17)7-10/h2-8H,9H2,1H3,(H,18,20). The van der Waals surface area contributed by atoms with Gasteiger partial charge in [0.05, 0.1) is 23.3 Å². The molecule has 25 heavy (non-hydrogen) atoms. The lowest BCUT2D eigenvalue weighted by atomic mass is 10.2. The molecule has 0 heterocycles.